The first kappa shape index (κ1) is 23.6. The molecule has 2 saturated heterocycles. The van der Waals surface area contributed by atoms with E-state index in [1.165, 1.54) is 45.2 Å². The number of amides is 2. The summed E-state index contributed by atoms with van der Waals surface area (Å²) >= 11 is 0. The number of hydrogen-bond acceptors (Lipinski definition) is 5. The number of anilines is 2. The molecule has 0 unspecified atom stereocenters. The monoisotopic (exact) mass is 467 g/mol. The van der Waals surface area contributed by atoms with Crippen molar-refractivity contribution in [1.82, 2.24) is 15.1 Å². The molecule has 0 spiro atoms. The third kappa shape index (κ3) is 4.96. The fourth-order valence-corrected chi connectivity index (χ4v) is 6.40. The number of rotatable bonds is 6. The molecule has 0 aromatic heterocycles. The molecule has 0 bridgehead atoms. The third-order valence-corrected chi connectivity index (χ3v) is 8.46. The molecule has 1 saturated carbocycles. The van der Waals surface area contributed by atoms with E-state index in [9.17, 15) is 9.59 Å². The van der Waals surface area contributed by atoms with Crippen molar-refractivity contribution in [3.8, 4) is 0 Å². The van der Waals surface area contributed by atoms with Gasteiger partial charge < -0.3 is 20.0 Å². The summed E-state index contributed by atoms with van der Waals surface area (Å²) in [6.07, 6.45) is 11.1. The summed E-state index contributed by atoms with van der Waals surface area (Å²) in [4.78, 5) is 34.9. The van der Waals surface area contributed by atoms with Crippen molar-refractivity contribution in [3.63, 3.8) is 0 Å². The highest BCUT2D eigenvalue weighted by atomic mass is 16.2. The van der Waals surface area contributed by atoms with Crippen molar-refractivity contribution < 1.29 is 9.59 Å². The maximum Gasteiger partial charge on any atom is 0.251 e. The number of carbonyl (C=O) groups excluding carboxylic acids is 2. The summed E-state index contributed by atoms with van der Waals surface area (Å²) in [5.74, 6) is 0.0971. The Morgan fingerprint density at radius 1 is 0.941 bits per heavy atom. The number of fused-ring (bicyclic) bond motifs is 3. The molecule has 1 aromatic carbocycles. The largest absolute Gasteiger partial charge is 0.358 e. The topological polar surface area (TPSA) is 59.1 Å². The lowest BCUT2D eigenvalue weighted by Crippen LogP contribution is -2.54. The summed E-state index contributed by atoms with van der Waals surface area (Å²) in [5, 5.41) is 3.10. The normalized spacial score (nSPS) is 24.6. The van der Waals surface area contributed by atoms with Crippen LogP contribution < -0.4 is 15.1 Å². The molecule has 1 aliphatic carbocycles. The van der Waals surface area contributed by atoms with E-state index in [1.807, 2.05) is 25.2 Å². The highest BCUT2D eigenvalue weighted by molar-refractivity contribution is 6.07. The van der Waals surface area contributed by atoms with Crippen LogP contribution in [-0.4, -0.2) is 86.6 Å². The first-order valence-electron chi connectivity index (χ1n) is 13.5. The Kier molecular flexibility index (Phi) is 7.40. The predicted octanol–water partition coefficient (Wildman–Crippen LogP) is 3.09. The number of hydrogen-bond donors (Lipinski definition) is 1. The average Bonchev–Trinajstić information content (AvgIpc) is 2.90. The molecule has 34 heavy (non-hydrogen) atoms. The molecule has 5 rings (SSSR count). The van der Waals surface area contributed by atoms with Crippen LogP contribution in [-0.2, 0) is 4.79 Å². The quantitative estimate of drug-likeness (QED) is 0.652. The fraction of sp³-hybridized carbons (Fsp3) is 0.704. The van der Waals surface area contributed by atoms with Crippen LogP contribution in [0.15, 0.2) is 18.2 Å². The Labute approximate surface area is 204 Å². The zero-order valence-corrected chi connectivity index (χ0v) is 20.8. The minimum Gasteiger partial charge on any atom is -0.358 e. The third-order valence-electron chi connectivity index (χ3n) is 8.46. The molecule has 3 heterocycles. The Hall–Kier alpha value is -2.12. The van der Waals surface area contributed by atoms with Crippen molar-refractivity contribution in [1.29, 1.82) is 0 Å². The summed E-state index contributed by atoms with van der Waals surface area (Å²) < 4.78 is 0. The van der Waals surface area contributed by atoms with Crippen molar-refractivity contribution in [2.24, 2.45) is 0 Å². The number of likely N-dealkylation sites (N-methyl/N-ethyl adjacent to an activating group) is 1. The van der Waals surface area contributed by atoms with Gasteiger partial charge in [-0.1, -0.05) is 19.3 Å². The van der Waals surface area contributed by atoms with Crippen LogP contribution in [0.25, 0.3) is 0 Å². The van der Waals surface area contributed by atoms with Crippen LogP contribution in [0.5, 0.6) is 0 Å². The second kappa shape index (κ2) is 10.6. The number of piperidine rings is 1. The number of piperazine rings is 1. The van der Waals surface area contributed by atoms with Crippen molar-refractivity contribution in [2.45, 2.75) is 69.9 Å². The summed E-state index contributed by atoms with van der Waals surface area (Å²) in [6.45, 7) is 7.31. The van der Waals surface area contributed by atoms with Gasteiger partial charge in [0.2, 0.25) is 5.91 Å². The van der Waals surface area contributed by atoms with E-state index in [0.717, 1.165) is 69.3 Å². The van der Waals surface area contributed by atoms with E-state index in [1.54, 1.807) is 4.90 Å². The van der Waals surface area contributed by atoms with E-state index >= 15 is 0 Å². The highest BCUT2D eigenvalue weighted by Gasteiger charge is 2.38. The molecular formula is C27H41N5O2. The lowest BCUT2D eigenvalue weighted by Gasteiger charge is -2.44. The van der Waals surface area contributed by atoms with Gasteiger partial charge in [0.15, 0.2) is 0 Å². The molecule has 1 atom stereocenters. The van der Waals surface area contributed by atoms with Gasteiger partial charge in [0, 0.05) is 57.9 Å². The van der Waals surface area contributed by atoms with Crippen molar-refractivity contribution in [2.75, 3.05) is 62.7 Å². The fourth-order valence-electron chi connectivity index (χ4n) is 6.40. The van der Waals surface area contributed by atoms with Gasteiger partial charge in [-0.25, -0.2) is 0 Å². The molecular weight excluding hydrogens is 426 g/mol. The molecule has 1 aromatic rings. The van der Waals surface area contributed by atoms with Crippen molar-refractivity contribution >= 4 is 23.2 Å². The van der Waals surface area contributed by atoms with E-state index in [-0.39, 0.29) is 17.9 Å². The summed E-state index contributed by atoms with van der Waals surface area (Å²) in [7, 11) is 1.84. The highest BCUT2D eigenvalue weighted by Crippen LogP contribution is 2.39. The molecule has 3 aliphatic heterocycles. The SMILES string of the molecule is CN1C(=O)[C@H]2CCCCN2c2ccc(C(=O)NCCCN3CCN(C4CCCCC4)CC3)cc21. The maximum atomic E-state index is 12.9. The molecule has 186 valence electrons. The van der Waals surface area contributed by atoms with Crippen LogP contribution >= 0.6 is 0 Å². The van der Waals surface area contributed by atoms with Gasteiger partial charge in [-0.05, 0) is 63.3 Å². The zero-order valence-electron chi connectivity index (χ0n) is 20.8. The van der Waals surface area contributed by atoms with Crippen LogP contribution in [0.4, 0.5) is 11.4 Å². The zero-order chi connectivity index (χ0) is 23.5. The second-order valence-electron chi connectivity index (χ2n) is 10.6. The maximum absolute atomic E-state index is 12.9. The van der Waals surface area contributed by atoms with Crippen molar-refractivity contribution in [3.05, 3.63) is 23.8 Å². The van der Waals surface area contributed by atoms with Gasteiger partial charge in [0.05, 0.1) is 11.4 Å². The molecule has 4 aliphatic rings. The lowest BCUT2D eigenvalue weighted by atomic mass is 9.94. The Morgan fingerprint density at radius 2 is 1.71 bits per heavy atom. The predicted molar refractivity (Wildman–Crippen MR) is 137 cm³/mol. The minimum absolute atomic E-state index is 0.0459. The van der Waals surface area contributed by atoms with Gasteiger partial charge in [-0.2, -0.15) is 0 Å². The van der Waals surface area contributed by atoms with Gasteiger partial charge in [-0.3, -0.25) is 14.5 Å². The van der Waals surface area contributed by atoms with E-state index < -0.39 is 0 Å². The molecule has 7 heteroatoms. The van der Waals surface area contributed by atoms with E-state index in [2.05, 4.69) is 20.0 Å². The van der Waals surface area contributed by atoms with Gasteiger partial charge in [0.1, 0.15) is 6.04 Å². The molecule has 0 radical (unpaired) electrons. The number of nitrogens with one attached hydrogen (secondary N) is 1. The van der Waals surface area contributed by atoms with Crippen LogP contribution in [0.2, 0.25) is 0 Å². The average molecular weight is 468 g/mol. The standard InChI is InChI=1S/C27H41N5O2/c1-29-25-20-21(11-12-23(25)32-15-6-5-10-24(32)27(29)34)26(33)28-13-7-14-30-16-18-31(19-17-30)22-8-3-2-4-9-22/h11-12,20,22,24H,2-10,13-19H2,1H3,(H,28,33)/t24-/m1/s1. The number of nitrogens with zero attached hydrogens (tertiary/aromatic N) is 4. The van der Waals surface area contributed by atoms with Crippen LogP contribution in [0.1, 0.15) is 68.1 Å². The summed E-state index contributed by atoms with van der Waals surface area (Å²) in [5.41, 5.74) is 2.57. The molecule has 7 nitrogen and oxygen atoms in total. The smallest absolute Gasteiger partial charge is 0.251 e. The molecule has 2 amide bonds. The van der Waals surface area contributed by atoms with Crippen LogP contribution in [0.3, 0.4) is 0 Å². The number of benzene rings is 1. The second-order valence-corrected chi connectivity index (χ2v) is 10.6. The Morgan fingerprint density at radius 3 is 2.50 bits per heavy atom. The Balaban J connectivity index is 1.08. The summed E-state index contributed by atoms with van der Waals surface area (Å²) in [6, 6.07) is 6.60. The molecule has 1 N–H and O–H groups in total. The van der Waals surface area contributed by atoms with E-state index in [0.29, 0.717) is 12.1 Å². The first-order valence-corrected chi connectivity index (χ1v) is 13.5. The van der Waals surface area contributed by atoms with Gasteiger partial charge in [0.25, 0.3) is 5.91 Å². The first-order chi connectivity index (χ1) is 16.6. The lowest BCUT2D eigenvalue weighted by molar-refractivity contribution is -0.120. The minimum atomic E-state index is -0.0495. The molecule has 3 fully saturated rings. The van der Waals surface area contributed by atoms with Gasteiger partial charge in [-0.15, -0.1) is 0 Å². The van der Waals surface area contributed by atoms with Crippen LogP contribution in [0, 0.1) is 0 Å². The number of carbonyl (C=O) groups is 2. The van der Waals surface area contributed by atoms with Gasteiger partial charge >= 0.3 is 0 Å². The Bertz CT molecular complexity index is 876. The van der Waals surface area contributed by atoms with E-state index in [4.69, 9.17) is 0 Å².